The van der Waals surface area contributed by atoms with Gasteiger partial charge in [0.1, 0.15) is 5.78 Å². The second-order valence-electron chi connectivity index (χ2n) is 5.36. The smallest absolute Gasteiger partial charge is 0.243 e. The van der Waals surface area contributed by atoms with Crippen molar-refractivity contribution in [1.29, 1.82) is 0 Å². The van der Waals surface area contributed by atoms with Gasteiger partial charge in [0.2, 0.25) is 15.9 Å². The summed E-state index contributed by atoms with van der Waals surface area (Å²) in [4.78, 5) is 24.6. The molecule has 0 radical (unpaired) electrons. The standard InChI is InChI=1S/C14H16N2O4S/c1-15-13-3-2-12(8-10(13)9-14(15)18)21(19,20)16-6-4-11(17)5-7-16/h2-3,8H,4-7,9H2,1H3. The first-order chi connectivity index (χ1) is 9.89. The average molecular weight is 308 g/mol. The third kappa shape index (κ3) is 2.36. The summed E-state index contributed by atoms with van der Waals surface area (Å²) in [6.07, 6.45) is 0.768. The molecule has 1 aromatic rings. The Morgan fingerprint density at radius 1 is 1.10 bits per heavy atom. The van der Waals surface area contributed by atoms with Gasteiger partial charge in [-0.15, -0.1) is 0 Å². The molecule has 0 N–H and O–H groups in total. The van der Waals surface area contributed by atoms with Gasteiger partial charge in [0.05, 0.1) is 11.3 Å². The Morgan fingerprint density at radius 2 is 1.76 bits per heavy atom. The molecule has 0 unspecified atom stereocenters. The number of nitrogens with zero attached hydrogens (tertiary/aromatic N) is 2. The lowest BCUT2D eigenvalue weighted by Crippen LogP contribution is -2.38. The van der Waals surface area contributed by atoms with Crippen LogP contribution < -0.4 is 4.90 Å². The van der Waals surface area contributed by atoms with E-state index >= 15 is 0 Å². The van der Waals surface area contributed by atoms with Gasteiger partial charge in [-0.25, -0.2) is 8.42 Å². The van der Waals surface area contributed by atoms with Crippen molar-refractivity contribution in [3.05, 3.63) is 23.8 Å². The van der Waals surface area contributed by atoms with Crippen molar-refractivity contribution in [2.24, 2.45) is 0 Å². The molecular weight excluding hydrogens is 292 g/mol. The number of rotatable bonds is 2. The number of Topliss-reactive ketones (excluding diaryl/α,β-unsaturated/α-hetero) is 1. The minimum atomic E-state index is -3.59. The van der Waals surface area contributed by atoms with Crippen molar-refractivity contribution in [3.8, 4) is 0 Å². The summed E-state index contributed by atoms with van der Waals surface area (Å²) in [6.45, 7) is 0.466. The van der Waals surface area contributed by atoms with Gasteiger partial charge in [-0.3, -0.25) is 9.59 Å². The Labute approximate surface area is 123 Å². The van der Waals surface area contributed by atoms with Crippen molar-refractivity contribution in [2.45, 2.75) is 24.2 Å². The van der Waals surface area contributed by atoms with E-state index in [2.05, 4.69) is 0 Å². The summed E-state index contributed by atoms with van der Waals surface area (Å²) in [5, 5.41) is 0. The van der Waals surface area contributed by atoms with Gasteiger partial charge in [-0.1, -0.05) is 0 Å². The maximum atomic E-state index is 12.6. The monoisotopic (exact) mass is 308 g/mol. The van der Waals surface area contributed by atoms with Crippen molar-refractivity contribution < 1.29 is 18.0 Å². The van der Waals surface area contributed by atoms with Crippen LogP contribution in [0.25, 0.3) is 0 Å². The first kappa shape index (κ1) is 14.2. The molecule has 1 aromatic carbocycles. The highest BCUT2D eigenvalue weighted by Gasteiger charge is 2.31. The molecule has 1 saturated heterocycles. The zero-order chi connectivity index (χ0) is 15.2. The second kappa shape index (κ2) is 4.92. The number of carbonyl (C=O) groups is 2. The van der Waals surface area contributed by atoms with E-state index in [9.17, 15) is 18.0 Å². The van der Waals surface area contributed by atoms with Crippen molar-refractivity contribution in [1.82, 2.24) is 4.31 Å². The fourth-order valence-electron chi connectivity index (χ4n) is 2.73. The molecule has 0 spiro atoms. The number of ketones is 1. The Bertz CT molecular complexity index is 716. The van der Waals surface area contributed by atoms with Crippen molar-refractivity contribution in [3.63, 3.8) is 0 Å². The van der Waals surface area contributed by atoms with Crippen LogP contribution in [0.2, 0.25) is 0 Å². The number of anilines is 1. The van der Waals surface area contributed by atoms with Crippen molar-refractivity contribution in [2.75, 3.05) is 25.0 Å². The predicted molar refractivity (Wildman–Crippen MR) is 76.6 cm³/mol. The number of hydrogen-bond acceptors (Lipinski definition) is 4. The number of piperidine rings is 1. The Kier molecular flexibility index (Phi) is 3.33. The van der Waals surface area contributed by atoms with Crippen LogP contribution in [0.15, 0.2) is 23.1 Å². The fourth-order valence-corrected chi connectivity index (χ4v) is 4.22. The molecule has 0 atom stereocenters. The molecule has 2 aliphatic heterocycles. The van der Waals surface area contributed by atoms with Crippen LogP contribution in [-0.2, 0) is 26.0 Å². The molecule has 3 rings (SSSR count). The number of fused-ring (bicyclic) bond motifs is 1. The first-order valence-electron chi connectivity index (χ1n) is 6.81. The normalized spacial score (nSPS) is 20.0. The lowest BCUT2D eigenvalue weighted by Gasteiger charge is -2.25. The van der Waals surface area contributed by atoms with E-state index in [1.807, 2.05) is 0 Å². The number of sulfonamides is 1. The maximum Gasteiger partial charge on any atom is 0.243 e. The van der Waals surface area contributed by atoms with E-state index in [4.69, 9.17) is 0 Å². The average Bonchev–Trinajstić information content (AvgIpc) is 2.74. The molecule has 6 nitrogen and oxygen atoms in total. The number of hydrogen-bond donors (Lipinski definition) is 0. The quantitative estimate of drug-likeness (QED) is 0.800. The SMILES string of the molecule is CN1C(=O)Cc2cc(S(=O)(=O)N3CCC(=O)CC3)ccc21. The summed E-state index contributed by atoms with van der Waals surface area (Å²) in [7, 11) is -1.91. The van der Waals surface area contributed by atoms with Crippen LogP contribution in [0.1, 0.15) is 18.4 Å². The molecule has 2 heterocycles. The molecule has 1 amide bonds. The van der Waals surface area contributed by atoms with E-state index in [1.165, 1.54) is 15.3 Å². The molecule has 21 heavy (non-hydrogen) atoms. The molecule has 0 saturated carbocycles. The molecular formula is C14H16N2O4S. The van der Waals surface area contributed by atoms with Crippen LogP contribution in [0, 0.1) is 0 Å². The van der Waals surface area contributed by atoms with Crippen LogP contribution in [0.3, 0.4) is 0 Å². The van der Waals surface area contributed by atoms with E-state index < -0.39 is 10.0 Å². The Hall–Kier alpha value is -1.73. The summed E-state index contributed by atoms with van der Waals surface area (Å²) >= 11 is 0. The third-order valence-corrected chi connectivity index (χ3v) is 5.94. The molecule has 0 bridgehead atoms. The van der Waals surface area contributed by atoms with Gasteiger partial charge in [0, 0.05) is 38.7 Å². The zero-order valence-electron chi connectivity index (χ0n) is 11.7. The van der Waals surface area contributed by atoms with Gasteiger partial charge in [0.15, 0.2) is 0 Å². The fraction of sp³-hybridized carbons (Fsp3) is 0.429. The van der Waals surface area contributed by atoms with Gasteiger partial charge in [0.25, 0.3) is 0 Å². The van der Waals surface area contributed by atoms with E-state index in [0.29, 0.717) is 0 Å². The highest BCUT2D eigenvalue weighted by atomic mass is 32.2. The molecule has 2 aliphatic rings. The van der Waals surface area contributed by atoms with E-state index in [1.54, 1.807) is 19.2 Å². The third-order valence-electron chi connectivity index (χ3n) is 4.05. The number of amides is 1. The summed E-state index contributed by atoms with van der Waals surface area (Å²) in [5.41, 5.74) is 1.49. The van der Waals surface area contributed by atoms with Crippen molar-refractivity contribution >= 4 is 27.4 Å². The molecule has 7 heteroatoms. The van der Waals surface area contributed by atoms with E-state index in [0.717, 1.165) is 11.3 Å². The second-order valence-corrected chi connectivity index (χ2v) is 7.30. The van der Waals surface area contributed by atoms with Crippen LogP contribution in [-0.4, -0.2) is 44.6 Å². The van der Waals surface area contributed by atoms with E-state index in [-0.39, 0.29) is 48.9 Å². The van der Waals surface area contributed by atoms with Gasteiger partial charge < -0.3 is 4.90 Å². The lowest BCUT2D eigenvalue weighted by atomic mass is 10.1. The first-order valence-corrected chi connectivity index (χ1v) is 8.25. The van der Waals surface area contributed by atoms with Gasteiger partial charge in [-0.2, -0.15) is 4.31 Å². The number of benzene rings is 1. The topological polar surface area (TPSA) is 74.8 Å². The number of carbonyl (C=O) groups excluding carboxylic acids is 2. The Balaban J connectivity index is 1.92. The molecule has 0 aliphatic carbocycles. The summed E-state index contributed by atoms with van der Waals surface area (Å²) in [6, 6.07) is 4.77. The molecule has 112 valence electrons. The van der Waals surface area contributed by atoms with Crippen LogP contribution in [0.4, 0.5) is 5.69 Å². The highest BCUT2D eigenvalue weighted by Crippen LogP contribution is 2.31. The maximum absolute atomic E-state index is 12.6. The van der Waals surface area contributed by atoms with Gasteiger partial charge >= 0.3 is 0 Å². The zero-order valence-corrected chi connectivity index (χ0v) is 12.5. The van der Waals surface area contributed by atoms with Crippen LogP contribution >= 0.6 is 0 Å². The highest BCUT2D eigenvalue weighted by molar-refractivity contribution is 7.89. The molecule has 1 fully saturated rings. The lowest BCUT2D eigenvalue weighted by molar-refractivity contribution is -0.120. The Morgan fingerprint density at radius 3 is 2.43 bits per heavy atom. The number of likely N-dealkylation sites (N-methyl/N-ethyl adjacent to an activating group) is 1. The minimum absolute atomic E-state index is 0.0388. The largest absolute Gasteiger partial charge is 0.315 e. The van der Waals surface area contributed by atoms with Crippen LogP contribution in [0.5, 0.6) is 0 Å². The predicted octanol–water partition coefficient (Wildman–Crippen LogP) is 0.559. The summed E-state index contributed by atoms with van der Waals surface area (Å²) in [5.74, 6) is 0.0609. The minimum Gasteiger partial charge on any atom is -0.315 e. The molecule has 0 aromatic heterocycles. The summed E-state index contributed by atoms with van der Waals surface area (Å²) < 4.78 is 26.5. The van der Waals surface area contributed by atoms with Gasteiger partial charge in [-0.05, 0) is 23.8 Å².